The molecule has 19 heavy (non-hydrogen) atoms. The molecule has 0 saturated heterocycles. The Balaban J connectivity index is 2.45. The average Bonchev–Trinajstić information content (AvgIpc) is 2.40. The van der Waals surface area contributed by atoms with E-state index in [-0.39, 0.29) is 11.1 Å². The van der Waals surface area contributed by atoms with Gasteiger partial charge in [-0.15, -0.1) is 0 Å². The minimum atomic E-state index is -0.422. The summed E-state index contributed by atoms with van der Waals surface area (Å²) in [5.74, 6) is -0.422. The minimum absolute atomic E-state index is 0.123. The van der Waals surface area contributed by atoms with Gasteiger partial charge in [-0.1, -0.05) is 54.4 Å². The number of rotatable bonds is 4. The Kier molecular flexibility index (Phi) is 4.81. The van der Waals surface area contributed by atoms with Crippen LogP contribution in [-0.4, -0.2) is 6.54 Å². The fraction of sp³-hybridized carbons (Fsp3) is 0.200. The zero-order valence-electron chi connectivity index (χ0n) is 10.5. The van der Waals surface area contributed by atoms with Crippen molar-refractivity contribution in [3.8, 4) is 0 Å². The van der Waals surface area contributed by atoms with Crippen molar-refractivity contribution in [1.29, 1.82) is 0 Å². The summed E-state index contributed by atoms with van der Waals surface area (Å²) in [5, 5.41) is 4.09. The van der Waals surface area contributed by atoms with Crippen LogP contribution >= 0.6 is 23.2 Å². The Morgan fingerprint density at radius 2 is 1.84 bits per heavy atom. The third kappa shape index (κ3) is 3.27. The zero-order valence-corrected chi connectivity index (χ0v) is 12.0. The van der Waals surface area contributed by atoms with E-state index in [0.29, 0.717) is 5.02 Å². The average molecular weight is 298 g/mol. The Hall–Kier alpha value is -1.09. The Bertz CT molecular complexity index is 572. The SMILES string of the molecule is CCNC(c1ccc(Cl)c(F)c1)c1ccccc1Cl. The van der Waals surface area contributed by atoms with E-state index in [1.54, 1.807) is 6.07 Å². The molecule has 1 unspecified atom stereocenters. The van der Waals surface area contributed by atoms with Crippen LogP contribution in [0, 0.1) is 5.82 Å². The summed E-state index contributed by atoms with van der Waals surface area (Å²) in [6.07, 6.45) is 0. The summed E-state index contributed by atoms with van der Waals surface area (Å²) in [4.78, 5) is 0. The van der Waals surface area contributed by atoms with Gasteiger partial charge in [0.25, 0.3) is 0 Å². The first-order valence-corrected chi connectivity index (χ1v) is 6.81. The summed E-state index contributed by atoms with van der Waals surface area (Å²) in [7, 11) is 0. The predicted molar refractivity (Wildman–Crippen MR) is 78.4 cm³/mol. The predicted octanol–water partition coefficient (Wildman–Crippen LogP) is 4.83. The van der Waals surface area contributed by atoms with E-state index in [0.717, 1.165) is 17.7 Å². The molecule has 1 atom stereocenters. The summed E-state index contributed by atoms with van der Waals surface area (Å²) in [6, 6.07) is 12.2. The molecule has 2 aromatic carbocycles. The van der Waals surface area contributed by atoms with Crippen LogP contribution in [0.1, 0.15) is 24.1 Å². The molecule has 100 valence electrons. The fourth-order valence-electron chi connectivity index (χ4n) is 2.01. The van der Waals surface area contributed by atoms with Gasteiger partial charge in [0.15, 0.2) is 0 Å². The highest BCUT2D eigenvalue weighted by atomic mass is 35.5. The van der Waals surface area contributed by atoms with Crippen LogP contribution in [-0.2, 0) is 0 Å². The molecule has 0 radical (unpaired) electrons. The fourth-order valence-corrected chi connectivity index (χ4v) is 2.38. The lowest BCUT2D eigenvalue weighted by atomic mass is 9.98. The van der Waals surface area contributed by atoms with Crippen molar-refractivity contribution >= 4 is 23.2 Å². The molecular weight excluding hydrogens is 284 g/mol. The molecule has 2 aromatic rings. The van der Waals surface area contributed by atoms with Crippen molar-refractivity contribution in [3.63, 3.8) is 0 Å². The van der Waals surface area contributed by atoms with Gasteiger partial charge < -0.3 is 5.32 Å². The first-order valence-electron chi connectivity index (χ1n) is 6.06. The summed E-state index contributed by atoms with van der Waals surface area (Å²) in [6.45, 7) is 2.75. The molecule has 0 spiro atoms. The molecular formula is C15H14Cl2FN. The van der Waals surface area contributed by atoms with Gasteiger partial charge in [-0.25, -0.2) is 4.39 Å². The summed E-state index contributed by atoms with van der Waals surface area (Å²) < 4.78 is 13.6. The Labute approximate surface area is 122 Å². The second-order valence-corrected chi connectivity index (χ2v) is 5.00. The van der Waals surface area contributed by atoms with Crippen molar-refractivity contribution in [2.24, 2.45) is 0 Å². The van der Waals surface area contributed by atoms with Crippen molar-refractivity contribution in [2.75, 3.05) is 6.54 Å². The van der Waals surface area contributed by atoms with Gasteiger partial charge in [0.2, 0.25) is 0 Å². The topological polar surface area (TPSA) is 12.0 Å². The largest absolute Gasteiger partial charge is 0.306 e. The van der Waals surface area contributed by atoms with E-state index in [4.69, 9.17) is 23.2 Å². The van der Waals surface area contributed by atoms with Gasteiger partial charge in [0, 0.05) is 5.02 Å². The molecule has 0 heterocycles. The molecule has 0 aliphatic carbocycles. The van der Waals surface area contributed by atoms with Gasteiger partial charge >= 0.3 is 0 Å². The minimum Gasteiger partial charge on any atom is -0.306 e. The monoisotopic (exact) mass is 297 g/mol. The standard InChI is InChI=1S/C15H14Cl2FN/c1-2-19-15(11-5-3-4-6-12(11)16)10-7-8-13(17)14(18)9-10/h3-9,15,19H,2H2,1H3. The maximum absolute atomic E-state index is 13.6. The first kappa shape index (κ1) is 14.3. The molecule has 1 N–H and O–H groups in total. The lowest BCUT2D eigenvalue weighted by molar-refractivity contribution is 0.603. The van der Waals surface area contributed by atoms with Gasteiger partial charge in [-0.3, -0.25) is 0 Å². The van der Waals surface area contributed by atoms with Crippen molar-refractivity contribution < 1.29 is 4.39 Å². The molecule has 0 saturated carbocycles. The third-order valence-corrected chi connectivity index (χ3v) is 3.55. The lowest BCUT2D eigenvalue weighted by Gasteiger charge is -2.20. The highest BCUT2D eigenvalue weighted by Crippen LogP contribution is 2.29. The molecule has 0 aliphatic heterocycles. The van der Waals surface area contributed by atoms with E-state index < -0.39 is 5.82 Å². The quantitative estimate of drug-likeness (QED) is 0.852. The van der Waals surface area contributed by atoms with E-state index in [2.05, 4.69) is 5.32 Å². The van der Waals surface area contributed by atoms with Gasteiger partial charge in [0.05, 0.1) is 11.1 Å². The lowest BCUT2D eigenvalue weighted by Crippen LogP contribution is -2.22. The van der Waals surface area contributed by atoms with E-state index in [9.17, 15) is 4.39 Å². The number of benzene rings is 2. The number of hydrogen-bond acceptors (Lipinski definition) is 1. The van der Waals surface area contributed by atoms with Crippen LogP contribution < -0.4 is 5.32 Å². The van der Waals surface area contributed by atoms with Gasteiger partial charge in [-0.2, -0.15) is 0 Å². The number of halogens is 3. The summed E-state index contributed by atoms with van der Waals surface area (Å²) >= 11 is 11.9. The van der Waals surface area contributed by atoms with Crippen molar-refractivity contribution in [1.82, 2.24) is 5.32 Å². The Morgan fingerprint density at radius 1 is 1.11 bits per heavy atom. The zero-order chi connectivity index (χ0) is 13.8. The van der Waals surface area contributed by atoms with Gasteiger partial charge in [0.1, 0.15) is 5.82 Å². The summed E-state index contributed by atoms with van der Waals surface area (Å²) in [5.41, 5.74) is 1.73. The maximum Gasteiger partial charge on any atom is 0.142 e. The van der Waals surface area contributed by atoms with Crippen LogP contribution in [0.3, 0.4) is 0 Å². The number of hydrogen-bond donors (Lipinski definition) is 1. The number of nitrogens with one attached hydrogen (secondary N) is 1. The normalized spacial score (nSPS) is 12.4. The molecule has 0 fully saturated rings. The van der Waals surface area contributed by atoms with Crippen LogP contribution in [0.5, 0.6) is 0 Å². The van der Waals surface area contributed by atoms with Crippen molar-refractivity contribution in [2.45, 2.75) is 13.0 Å². The molecule has 1 nitrogen and oxygen atoms in total. The van der Waals surface area contributed by atoms with Gasteiger partial charge in [-0.05, 0) is 35.9 Å². The van der Waals surface area contributed by atoms with E-state index >= 15 is 0 Å². The second-order valence-electron chi connectivity index (χ2n) is 4.19. The van der Waals surface area contributed by atoms with Crippen molar-refractivity contribution in [3.05, 3.63) is 69.5 Å². The molecule has 4 heteroatoms. The van der Waals surface area contributed by atoms with Crippen LogP contribution in [0.4, 0.5) is 4.39 Å². The molecule has 0 bridgehead atoms. The third-order valence-electron chi connectivity index (χ3n) is 2.90. The molecule has 0 aromatic heterocycles. The molecule has 2 rings (SSSR count). The maximum atomic E-state index is 13.6. The second kappa shape index (κ2) is 6.38. The van der Waals surface area contributed by atoms with Crippen LogP contribution in [0.15, 0.2) is 42.5 Å². The highest BCUT2D eigenvalue weighted by Gasteiger charge is 2.16. The first-order chi connectivity index (χ1) is 9.13. The molecule has 0 amide bonds. The van der Waals surface area contributed by atoms with Crippen LogP contribution in [0.2, 0.25) is 10.0 Å². The van der Waals surface area contributed by atoms with E-state index in [1.807, 2.05) is 37.3 Å². The smallest absolute Gasteiger partial charge is 0.142 e. The Morgan fingerprint density at radius 3 is 2.47 bits per heavy atom. The molecule has 0 aliphatic rings. The van der Waals surface area contributed by atoms with Crippen LogP contribution in [0.25, 0.3) is 0 Å². The highest BCUT2D eigenvalue weighted by molar-refractivity contribution is 6.31. The van der Waals surface area contributed by atoms with E-state index in [1.165, 1.54) is 6.07 Å².